The first-order valence-electron chi connectivity index (χ1n) is 8.76. The SMILES string of the molecule is Cn1ccnc1COc1ccc(CN2CCC(NS(C)(=O)=O)CC2)cc1. The molecule has 7 nitrogen and oxygen atoms in total. The summed E-state index contributed by atoms with van der Waals surface area (Å²) in [5.41, 5.74) is 1.23. The molecular weight excluding hydrogens is 352 g/mol. The van der Waals surface area contributed by atoms with Crippen LogP contribution >= 0.6 is 0 Å². The molecule has 2 heterocycles. The molecule has 1 saturated heterocycles. The van der Waals surface area contributed by atoms with E-state index in [1.165, 1.54) is 11.8 Å². The topological polar surface area (TPSA) is 76.5 Å². The Morgan fingerprint density at radius 1 is 1.23 bits per heavy atom. The Balaban J connectivity index is 1.45. The standard InChI is InChI=1S/C18H26N4O3S/c1-21-12-9-19-18(21)14-25-17-5-3-15(4-6-17)13-22-10-7-16(8-11-22)20-26(2,23)24/h3-6,9,12,16,20H,7-8,10-11,13-14H2,1-2H3. The Bertz CT molecular complexity index is 809. The van der Waals surface area contributed by atoms with Gasteiger partial charge in [-0.05, 0) is 30.5 Å². The van der Waals surface area contributed by atoms with Gasteiger partial charge in [0, 0.05) is 45.1 Å². The van der Waals surface area contributed by atoms with Crippen molar-refractivity contribution in [3.8, 4) is 5.75 Å². The lowest BCUT2D eigenvalue weighted by molar-refractivity contribution is 0.200. The second-order valence-electron chi connectivity index (χ2n) is 6.83. The summed E-state index contributed by atoms with van der Waals surface area (Å²) in [6.07, 6.45) is 6.57. The van der Waals surface area contributed by atoms with Crippen molar-refractivity contribution in [1.82, 2.24) is 19.2 Å². The van der Waals surface area contributed by atoms with E-state index in [0.717, 1.165) is 44.0 Å². The molecule has 26 heavy (non-hydrogen) atoms. The zero-order valence-corrected chi connectivity index (χ0v) is 16.1. The van der Waals surface area contributed by atoms with E-state index in [0.29, 0.717) is 6.61 Å². The number of aromatic nitrogens is 2. The molecule has 0 atom stereocenters. The Hall–Kier alpha value is -1.90. The van der Waals surface area contributed by atoms with Gasteiger partial charge in [0.15, 0.2) is 0 Å². The molecule has 2 aromatic rings. The Morgan fingerprint density at radius 3 is 2.50 bits per heavy atom. The van der Waals surface area contributed by atoms with Crippen LogP contribution in [0.15, 0.2) is 36.7 Å². The van der Waals surface area contributed by atoms with Crippen LogP contribution in [0.1, 0.15) is 24.2 Å². The molecule has 1 aliphatic heterocycles. The molecule has 8 heteroatoms. The molecule has 1 aliphatic rings. The highest BCUT2D eigenvalue weighted by Gasteiger charge is 2.21. The minimum atomic E-state index is -3.12. The molecule has 3 rings (SSSR count). The summed E-state index contributed by atoms with van der Waals surface area (Å²) in [5, 5.41) is 0. The highest BCUT2D eigenvalue weighted by molar-refractivity contribution is 7.88. The van der Waals surface area contributed by atoms with Crippen molar-refractivity contribution in [2.75, 3.05) is 19.3 Å². The fraction of sp³-hybridized carbons (Fsp3) is 0.500. The van der Waals surface area contributed by atoms with Gasteiger partial charge in [0.1, 0.15) is 18.2 Å². The number of imidazole rings is 1. The van der Waals surface area contributed by atoms with Gasteiger partial charge in [-0.2, -0.15) is 0 Å². The second kappa shape index (κ2) is 8.20. The van der Waals surface area contributed by atoms with Crippen LogP contribution in [0.4, 0.5) is 0 Å². The number of ether oxygens (including phenoxy) is 1. The summed E-state index contributed by atoms with van der Waals surface area (Å²) in [6.45, 7) is 3.10. The summed E-state index contributed by atoms with van der Waals surface area (Å²) in [7, 11) is -1.17. The van der Waals surface area contributed by atoms with E-state index in [-0.39, 0.29) is 6.04 Å². The van der Waals surface area contributed by atoms with Gasteiger partial charge in [-0.15, -0.1) is 0 Å². The van der Waals surface area contributed by atoms with E-state index in [4.69, 9.17) is 4.74 Å². The van der Waals surface area contributed by atoms with Gasteiger partial charge in [-0.1, -0.05) is 12.1 Å². The van der Waals surface area contributed by atoms with Crippen molar-refractivity contribution in [2.24, 2.45) is 7.05 Å². The van der Waals surface area contributed by atoms with Crippen LogP contribution in [0.3, 0.4) is 0 Å². The number of nitrogens with zero attached hydrogens (tertiary/aromatic N) is 3. The highest BCUT2D eigenvalue weighted by atomic mass is 32.2. The molecule has 0 amide bonds. The fourth-order valence-corrected chi connectivity index (χ4v) is 3.99. The Morgan fingerprint density at radius 2 is 1.92 bits per heavy atom. The van der Waals surface area contributed by atoms with Crippen LogP contribution in [0, 0.1) is 0 Å². The first kappa shape index (κ1) is 18.9. The van der Waals surface area contributed by atoms with Crippen molar-refractivity contribution < 1.29 is 13.2 Å². The molecule has 1 N–H and O–H groups in total. The molecule has 0 spiro atoms. The molecule has 0 unspecified atom stereocenters. The minimum absolute atomic E-state index is 0.0585. The maximum absolute atomic E-state index is 11.3. The minimum Gasteiger partial charge on any atom is -0.486 e. The second-order valence-corrected chi connectivity index (χ2v) is 8.61. The Labute approximate surface area is 155 Å². The molecule has 1 fully saturated rings. The summed E-state index contributed by atoms with van der Waals surface area (Å²) in [4.78, 5) is 6.59. The van der Waals surface area contributed by atoms with Gasteiger partial charge in [-0.25, -0.2) is 18.1 Å². The summed E-state index contributed by atoms with van der Waals surface area (Å²) >= 11 is 0. The van der Waals surface area contributed by atoms with Crippen molar-refractivity contribution in [3.05, 3.63) is 48.0 Å². The van der Waals surface area contributed by atoms with Gasteiger partial charge in [0.25, 0.3) is 0 Å². The number of sulfonamides is 1. The third kappa shape index (κ3) is 5.55. The zero-order chi connectivity index (χ0) is 18.6. The molecule has 0 radical (unpaired) electrons. The largest absolute Gasteiger partial charge is 0.486 e. The summed E-state index contributed by atoms with van der Waals surface area (Å²) in [6, 6.07) is 8.18. The van der Waals surface area contributed by atoms with E-state index >= 15 is 0 Å². The third-order valence-corrected chi connectivity index (χ3v) is 5.35. The first-order valence-corrected chi connectivity index (χ1v) is 10.7. The number of hydrogen-bond donors (Lipinski definition) is 1. The van der Waals surface area contributed by atoms with Crippen LogP contribution in [0.5, 0.6) is 5.75 Å². The molecule has 1 aromatic heterocycles. The number of aryl methyl sites for hydroxylation is 1. The van der Waals surface area contributed by atoms with Crippen molar-refractivity contribution in [1.29, 1.82) is 0 Å². The lowest BCUT2D eigenvalue weighted by Gasteiger charge is -2.31. The predicted octanol–water partition coefficient (Wildman–Crippen LogP) is 1.51. The molecule has 0 bridgehead atoms. The quantitative estimate of drug-likeness (QED) is 0.790. The number of benzene rings is 1. The molecule has 0 saturated carbocycles. The van der Waals surface area contributed by atoms with Gasteiger partial charge in [0.05, 0.1) is 6.26 Å². The molecular formula is C18H26N4O3S. The number of rotatable bonds is 7. The monoisotopic (exact) mass is 378 g/mol. The first-order chi connectivity index (χ1) is 12.4. The van der Waals surface area contributed by atoms with E-state index in [9.17, 15) is 8.42 Å². The third-order valence-electron chi connectivity index (χ3n) is 4.59. The summed E-state index contributed by atoms with van der Waals surface area (Å²) in [5.74, 6) is 1.72. The van der Waals surface area contributed by atoms with E-state index in [1.54, 1.807) is 6.20 Å². The average molecular weight is 378 g/mol. The van der Waals surface area contributed by atoms with Gasteiger partial charge in [0.2, 0.25) is 10.0 Å². The van der Waals surface area contributed by atoms with Crippen LogP contribution < -0.4 is 9.46 Å². The maximum Gasteiger partial charge on any atom is 0.208 e. The lowest BCUT2D eigenvalue weighted by atomic mass is 10.1. The van der Waals surface area contributed by atoms with Crippen molar-refractivity contribution in [2.45, 2.75) is 32.0 Å². The molecule has 1 aromatic carbocycles. The average Bonchev–Trinajstić information content (AvgIpc) is 3.00. The number of piperidine rings is 1. The van der Waals surface area contributed by atoms with E-state index < -0.39 is 10.0 Å². The Kier molecular flexibility index (Phi) is 5.95. The van der Waals surface area contributed by atoms with Crippen LogP contribution in [0.2, 0.25) is 0 Å². The summed E-state index contributed by atoms with van der Waals surface area (Å²) < 4.78 is 33.0. The normalized spacial score (nSPS) is 16.7. The fourth-order valence-electron chi connectivity index (χ4n) is 3.14. The number of likely N-dealkylation sites (tertiary alicyclic amines) is 1. The molecule has 0 aliphatic carbocycles. The lowest BCUT2D eigenvalue weighted by Crippen LogP contribution is -2.43. The molecule has 142 valence electrons. The maximum atomic E-state index is 11.3. The van der Waals surface area contributed by atoms with Crippen LogP contribution in [-0.2, 0) is 30.2 Å². The highest BCUT2D eigenvalue weighted by Crippen LogP contribution is 2.18. The van der Waals surface area contributed by atoms with E-state index in [1.807, 2.05) is 29.9 Å². The number of nitrogens with one attached hydrogen (secondary N) is 1. The van der Waals surface area contributed by atoms with Gasteiger partial charge < -0.3 is 9.30 Å². The van der Waals surface area contributed by atoms with E-state index in [2.05, 4.69) is 26.7 Å². The van der Waals surface area contributed by atoms with Gasteiger partial charge >= 0.3 is 0 Å². The van der Waals surface area contributed by atoms with Crippen LogP contribution in [0.25, 0.3) is 0 Å². The predicted molar refractivity (Wildman–Crippen MR) is 100 cm³/mol. The van der Waals surface area contributed by atoms with Crippen molar-refractivity contribution >= 4 is 10.0 Å². The smallest absolute Gasteiger partial charge is 0.208 e. The van der Waals surface area contributed by atoms with Gasteiger partial charge in [-0.3, -0.25) is 4.90 Å². The van der Waals surface area contributed by atoms with Crippen LogP contribution in [-0.4, -0.2) is 48.3 Å². The zero-order valence-electron chi connectivity index (χ0n) is 15.3. The van der Waals surface area contributed by atoms with Crippen molar-refractivity contribution in [3.63, 3.8) is 0 Å². The number of hydrogen-bond acceptors (Lipinski definition) is 5.